The number of hydrogen-bond donors (Lipinski definition) is 1. The lowest BCUT2D eigenvalue weighted by molar-refractivity contribution is -0.141. The molecule has 100 valence electrons. The predicted molar refractivity (Wildman–Crippen MR) is 68.9 cm³/mol. The second-order valence-corrected chi connectivity index (χ2v) is 4.56. The lowest BCUT2D eigenvalue weighted by Crippen LogP contribution is -2.28. The monoisotopic (exact) mass is 273 g/mol. The minimum Gasteiger partial charge on any atom is -0.468 e. The molecule has 0 aromatic carbocycles. The molecule has 0 unspecified atom stereocenters. The van der Waals surface area contributed by atoms with Gasteiger partial charge in [0, 0.05) is 6.54 Å². The van der Waals surface area contributed by atoms with Crippen LogP contribution in [0.5, 0.6) is 0 Å². The molecule has 0 saturated carbocycles. The Kier molecular flexibility index (Phi) is 5.15. The van der Waals surface area contributed by atoms with Crippen LogP contribution < -0.4 is 10.9 Å². The van der Waals surface area contributed by atoms with E-state index in [1.165, 1.54) is 13.3 Å². The van der Waals surface area contributed by atoms with Gasteiger partial charge in [-0.3, -0.25) is 9.59 Å². The molecule has 0 saturated heterocycles. The van der Waals surface area contributed by atoms with Crippen LogP contribution in [0.15, 0.2) is 11.0 Å². The Bertz CT molecular complexity index is 485. The van der Waals surface area contributed by atoms with Gasteiger partial charge in [-0.2, -0.15) is 5.10 Å². The van der Waals surface area contributed by atoms with E-state index >= 15 is 0 Å². The molecule has 1 aromatic heterocycles. The Hall–Kier alpha value is -1.56. The number of nitrogens with zero attached hydrogens (tertiary/aromatic N) is 2. The van der Waals surface area contributed by atoms with Gasteiger partial charge in [0.15, 0.2) is 0 Å². The summed E-state index contributed by atoms with van der Waals surface area (Å²) in [4.78, 5) is 22.9. The van der Waals surface area contributed by atoms with Gasteiger partial charge in [0.1, 0.15) is 11.6 Å². The van der Waals surface area contributed by atoms with Gasteiger partial charge >= 0.3 is 5.97 Å². The molecule has 0 atom stereocenters. The average Bonchev–Trinajstić information content (AvgIpc) is 2.33. The Labute approximate surface area is 110 Å². The summed E-state index contributed by atoms with van der Waals surface area (Å²) in [6.07, 6.45) is 1.43. The molecule has 0 bridgehead atoms. The normalized spacial score (nSPS) is 10.5. The second kappa shape index (κ2) is 6.39. The molecule has 18 heavy (non-hydrogen) atoms. The highest BCUT2D eigenvalue weighted by molar-refractivity contribution is 6.32. The predicted octanol–water partition coefficient (Wildman–Crippen LogP) is 1.14. The topological polar surface area (TPSA) is 73.2 Å². The van der Waals surface area contributed by atoms with Crippen molar-refractivity contribution in [3.8, 4) is 0 Å². The third-order valence-corrected chi connectivity index (χ3v) is 2.56. The molecule has 0 aliphatic heterocycles. The fourth-order valence-electron chi connectivity index (χ4n) is 1.20. The van der Waals surface area contributed by atoms with Crippen molar-refractivity contribution < 1.29 is 9.53 Å². The van der Waals surface area contributed by atoms with E-state index in [2.05, 4.69) is 15.2 Å². The number of methoxy groups -OCH3 is 1. The first-order valence-electron chi connectivity index (χ1n) is 5.52. The van der Waals surface area contributed by atoms with Gasteiger partial charge in [0.25, 0.3) is 5.56 Å². The van der Waals surface area contributed by atoms with Crippen molar-refractivity contribution in [2.24, 2.45) is 5.92 Å². The highest BCUT2D eigenvalue weighted by Gasteiger charge is 2.12. The van der Waals surface area contributed by atoms with Crippen molar-refractivity contribution in [2.45, 2.75) is 20.4 Å². The number of hydrogen-bond acceptors (Lipinski definition) is 5. The van der Waals surface area contributed by atoms with Crippen molar-refractivity contribution in [1.29, 1.82) is 0 Å². The Morgan fingerprint density at radius 3 is 2.83 bits per heavy atom. The van der Waals surface area contributed by atoms with E-state index in [4.69, 9.17) is 11.6 Å². The number of halogens is 1. The van der Waals surface area contributed by atoms with E-state index in [-0.39, 0.29) is 11.6 Å². The minimum atomic E-state index is -0.552. The van der Waals surface area contributed by atoms with Crippen molar-refractivity contribution in [3.05, 3.63) is 21.6 Å². The minimum absolute atomic E-state index is 0.0227. The van der Waals surface area contributed by atoms with E-state index in [9.17, 15) is 9.59 Å². The maximum Gasteiger partial charge on any atom is 0.327 e. The van der Waals surface area contributed by atoms with Crippen LogP contribution in [-0.4, -0.2) is 29.4 Å². The molecular weight excluding hydrogens is 258 g/mol. The Balaban J connectivity index is 2.91. The first-order chi connectivity index (χ1) is 8.45. The molecule has 1 rings (SSSR count). The second-order valence-electron chi connectivity index (χ2n) is 4.19. The Morgan fingerprint density at radius 1 is 1.61 bits per heavy atom. The summed E-state index contributed by atoms with van der Waals surface area (Å²) in [5.41, 5.74) is -0.0488. The number of rotatable bonds is 5. The molecule has 0 amide bonds. The molecule has 1 heterocycles. The summed E-state index contributed by atoms with van der Waals surface area (Å²) in [6, 6.07) is 0. The smallest absolute Gasteiger partial charge is 0.327 e. The van der Waals surface area contributed by atoms with Crippen LogP contribution in [0.4, 0.5) is 5.69 Å². The number of anilines is 1. The fourth-order valence-corrected chi connectivity index (χ4v) is 1.42. The van der Waals surface area contributed by atoms with Crippen LogP contribution in [0, 0.1) is 5.92 Å². The van der Waals surface area contributed by atoms with E-state index in [0.717, 1.165) is 4.68 Å². The summed E-state index contributed by atoms with van der Waals surface area (Å²) in [7, 11) is 1.24. The van der Waals surface area contributed by atoms with Crippen LogP contribution in [0.3, 0.4) is 0 Å². The molecular formula is C11H16ClN3O3. The van der Waals surface area contributed by atoms with Gasteiger partial charge in [0.05, 0.1) is 19.0 Å². The number of ether oxygens (including phenoxy) is 1. The summed E-state index contributed by atoms with van der Waals surface area (Å²) in [5, 5.41) is 6.91. The zero-order valence-electron chi connectivity index (χ0n) is 10.6. The molecule has 1 N–H and O–H groups in total. The van der Waals surface area contributed by atoms with Gasteiger partial charge < -0.3 is 10.1 Å². The molecule has 0 aliphatic carbocycles. The van der Waals surface area contributed by atoms with Crippen LogP contribution in [-0.2, 0) is 16.1 Å². The number of nitrogens with one attached hydrogen (secondary N) is 1. The maximum absolute atomic E-state index is 11.8. The summed E-state index contributed by atoms with van der Waals surface area (Å²) < 4.78 is 5.43. The van der Waals surface area contributed by atoms with Crippen LogP contribution >= 0.6 is 11.6 Å². The van der Waals surface area contributed by atoms with Gasteiger partial charge in [0.2, 0.25) is 0 Å². The standard InChI is InChI=1S/C11H16ClN3O3/c1-7(2)4-13-8-5-14-15(6-9(16)18-3)11(17)10(8)12/h5,7,13H,4,6H2,1-3H3. The lowest BCUT2D eigenvalue weighted by atomic mass is 10.2. The molecule has 7 heteroatoms. The third kappa shape index (κ3) is 3.73. The lowest BCUT2D eigenvalue weighted by Gasteiger charge is -2.11. The van der Waals surface area contributed by atoms with Crippen molar-refractivity contribution >= 4 is 23.3 Å². The fraction of sp³-hybridized carbons (Fsp3) is 0.545. The van der Waals surface area contributed by atoms with E-state index in [1.54, 1.807) is 0 Å². The molecule has 0 aliphatic rings. The highest BCUT2D eigenvalue weighted by Crippen LogP contribution is 2.15. The SMILES string of the molecule is COC(=O)Cn1ncc(NCC(C)C)c(Cl)c1=O. The summed E-state index contributed by atoms with van der Waals surface area (Å²) in [5.74, 6) is -0.137. The number of esters is 1. The number of aromatic nitrogens is 2. The van der Waals surface area contributed by atoms with E-state index in [0.29, 0.717) is 18.2 Å². The zero-order chi connectivity index (χ0) is 13.7. The largest absolute Gasteiger partial charge is 0.468 e. The molecule has 0 radical (unpaired) electrons. The number of carbonyl (C=O) groups is 1. The first kappa shape index (κ1) is 14.5. The van der Waals surface area contributed by atoms with E-state index in [1.807, 2.05) is 13.8 Å². The third-order valence-electron chi connectivity index (χ3n) is 2.19. The quantitative estimate of drug-likeness (QED) is 0.815. The van der Waals surface area contributed by atoms with E-state index < -0.39 is 11.5 Å². The molecule has 0 fully saturated rings. The van der Waals surface area contributed by atoms with Crippen LogP contribution in [0.2, 0.25) is 5.02 Å². The molecule has 0 spiro atoms. The molecule has 6 nitrogen and oxygen atoms in total. The average molecular weight is 274 g/mol. The van der Waals surface area contributed by atoms with Crippen LogP contribution in [0.1, 0.15) is 13.8 Å². The van der Waals surface area contributed by atoms with Gasteiger partial charge in [-0.15, -0.1) is 0 Å². The molecule has 1 aromatic rings. The van der Waals surface area contributed by atoms with Crippen LogP contribution in [0.25, 0.3) is 0 Å². The Morgan fingerprint density at radius 2 is 2.28 bits per heavy atom. The highest BCUT2D eigenvalue weighted by atomic mass is 35.5. The zero-order valence-corrected chi connectivity index (χ0v) is 11.3. The van der Waals surface area contributed by atoms with Crippen molar-refractivity contribution in [1.82, 2.24) is 9.78 Å². The van der Waals surface area contributed by atoms with Crippen molar-refractivity contribution in [2.75, 3.05) is 19.0 Å². The number of carbonyl (C=O) groups excluding carboxylic acids is 1. The van der Waals surface area contributed by atoms with Gasteiger partial charge in [-0.05, 0) is 5.92 Å². The maximum atomic E-state index is 11.8. The van der Waals surface area contributed by atoms with Crippen molar-refractivity contribution in [3.63, 3.8) is 0 Å². The summed E-state index contributed by atoms with van der Waals surface area (Å²) >= 11 is 5.92. The van der Waals surface area contributed by atoms with Gasteiger partial charge in [-0.25, -0.2) is 4.68 Å². The van der Waals surface area contributed by atoms with Gasteiger partial charge in [-0.1, -0.05) is 25.4 Å². The first-order valence-corrected chi connectivity index (χ1v) is 5.89. The summed E-state index contributed by atoms with van der Waals surface area (Å²) in [6.45, 7) is 4.50.